The standard InChI is InChI=1S/C22H23FN4O/c1-15-11-16(2)26-22(25-15)27-9-10-28-21(14-27)20-8-7-17(13-24-20)12-18-5-3-4-6-19(18)23/h3-8,11,13,21H,9-10,12,14H2,1-2H3/t21-/m0/s1. The van der Waals surface area contributed by atoms with Crippen molar-refractivity contribution in [2.45, 2.75) is 26.4 Å². The van der Waals surface area contributed by atoms with Gasteiger partial charge < -0.3 is 9.64 Å². The van der Waals surface area contributed by atoms with E-state index < -0.39 is 0 Å². The fourth-order valence-corrected chi connectivity index (χ4v) is 3.45. The molecule has 1 fully saturated rings. The predicted molar refractivity (Wildman–Crippen MR) is 106 cm³/mol. The molecule has 0 spiro atoms. The highest BCUT2D eigenvalue weighted by Crippen LogP contribution is 2.24. The van der Waals surface area contributed by atoms with Crippen molar-refractivity contribution in [1.82, 2.24) is 15.0 Å². The average molecular weight is 378 g/mol. The van der Waals surface area contributed by atoms with Gasteiger partial charge in [-0.3, -0.25) is 4.98 Å². The van der Waals surface area contributed by atoms with Gasteiger partial charge in [0.05, 0.1) is 18.8 Å². The van der Waals surface area contributed by atoms with Crippen molar-refractivity contribution in [3.05, 3.63) is 82.7 Å². The van der Waals surface area contributed by atoms with Gasteiger partial charge in [0, 0.05) is 30.6 Å². The predicted octanol–water partition coefficient (Wildman–Crippen LogP) is 3.80. The van der Waals surface area contributed by atoms with E-state index in [0.29, 0.717) is 25.1 Å². The van der Waals surface area contributed by atoms with Crippen LogP contribution in [0.1, 0.15) is 34.3 Å². The van der Waals surface area contributed by atoms with Crippen molar-refractivity contribution >= 4 is 5.95 Å². The molecule has 6 heteroatoms. The monoisotopic (exact) mass is 378 g/mol. The Morgan fingerprint density at radius 2 is 1.89 bits per heavy atom. The fourth-order valence-electron chi connectivity index (χ4n) is 3.45. The van der Waals surface area contributed by atoms with E-state index in [1.54, 1.807) is 18.3 Å². The zero-order chi connectivity index (χ0) is 19.5. The first-order valence-corrected chi connectivity index (χ1v) is 9.45. The average Bonchev–Trinajstić information content (AvgIpc) is 2.70. The number of halogens is 1. The number of pyridine rings is 1. The molecule has 2 aromatic heterocycles. The van der Waals surface area contributed by atoms with Crippen LogP contribution in [0.5, 0.6) is 0 Å². The highest BCUT2D eigenvalue weighted by atomic mass is 19.1. The maximum atomic E-state index is 13.8. The van der Waals surface area contributed by atoms with E-state index in [1.807, 2.05) is 38.1 Å². The van der Waals surface area contributed by atoms with Gasteiger partial charge in [0.2, 0.25) is 5.95 Å². The highest BCUT2D eigenvalue weighted by Gasteiger charge is 2.25. The van der Waals surface area contributed by atoms with Crippen LogP contribution in [0.15, 0.2) is 48.7 Å². The first kappa shape index (κ1) is 18.5. The van der Waals surface area contributed by atoms with Crippen molar-refractivity contribution in [3.8, 4) is 0 Å². The van der Waals surface area contributed by atoms with Crippen molar-refractivity contribution in [3.63, 3.8) is 0 Å². The summed E-state index contributed by atoms with van der Waals surface area (Å²) in [4.78, 5) is 15.8. The number of nitrogens with zero attached hydrogens (tertiary/aromatic N) is 4. The van der Waals surface area contributed by atoms with Crippen LogP contribution in [0.25, 0.3) is 0 Å². The fraction of sp³-hybridized carbons (Fsp3) is 0.318. The van der Waals surface area contributed by atoms with Crippen LogP contribution in [0.4, 0.5) is 10.3 Å². The molecule has 0 aliphatic carbocycles. The first-order chi connectivity index (χ1) is 13.6. The summed E-state index contributed by atoms with van der Waals surface area (Å²) in [7, 11) is 0. The van der Waals surface area contributed by atoms with Crippen LogP contribution in [-0.4, -0.2) is 34.6 Å². The number of ether oxygens (including phenoxy) is 1. The van der Waals surface area contributed by atoms with Gasteiger partial charge in [-0.25, -0.2) is 14.4 Å². The first-order valence-electron chi connectivity index (χ1n) is 9.45. The zero-order valence-corrected chi connectivity index (χ0v) is 16.1. The number of morpholine rings is 1. The molecule has 5 nitrogen and oxygen atoms in total. The van der Waals surface area contributed by atoms with Crippen molar-refractivity contribution in [2.75, 3.05) is 24.6 Å². The van der Waals surface area contributed by atoms with E-state index in [2.05, 4.69) is 19.9 Å². The Hall–Kier alpha value is -2.86. The summed E-state index contributed by atoms with van der Waals surface area (Å²) in [5.41, 5.74) is 4.43. The van der Waals surface area contributed by atoms with Crippen LogP contribution in [0.3, 0.4) is 0 Å². The molecule has 0 bridgehead atoms. The Labute approximate surface area is 164 Å². The van der Waals surface area contributed by atoms with E-state index in [1.165, 1.54) is 6.07 Å². The molecule has 0 unspecified atom stereocenters. The van der Waals surface area contributed by atoms with Gasteiger partial charge in [-0.05, 0) is 43.2 Å². The largest absolute Gasteiger partial charge is 0.368 e. The van der Waals surface area contributed by atoms with Gasteiger partial charge in [0.1, 0.15) is 11.9 Å². The molecule has 3 aromatic rings. The quantitative estimate of drug-likeness (QED) is 0.691. The molecule has 1 saturated heterocycles. The van der Waals surface area contributed by atoms with Gasteiger partial charge in [-0.1, -0.05) is 24.3 Å². The molecule has 1 atom stereocenters. The van der Waals surface area contributed by atoms with E-state index in [9.17, 15) is 4.39 Å². The van der Waals surface area contributed by atoms with Gasteiger partial charge in [0.15, 0.2) is 0 Å². The summed E-state index contributed by atoms with van der Waals surface area (Å²) in [6.07, 6.45) is 2.19. The summed E-state index contributed by atoms with van der Waals surface area (Å²) in [6, 6.07) is 12.8. The number of benzene rings is 1. The summed E-state index contributed by atoms with van der Waals surface area (Å²) in [5, 5.41) is 0. The van der Waals surface area contributed by atoms with E-state index >= 15 is 0 Å². The molecule has 1 aliphatic rings. The number of aryl methyl sites for hydroxylation is 2. The molecule has 0 N–H and O–H groups in total. The molecule has 28 heavy (non-hydrogen) atoms. The molecule has 3 heterocycles. The van der Waals surface area contributed by atoms with Gasteiger partial charge >= 0.3 is 0 Å². The van der Waals surface area contributed by atoms with Crippen molar-refractivity contribution in [2.24, 2.45) is 0 Å². The van der Waals surface area contributed by atoms with Gasteiger partial charge in [-0.15, -0.1) is 0 Å². The zero-order valence-electron chi connectivity index (χ0n) is 16.1. The third-order valence-electron chi connectivity index (χ3n) is 4.85. The summed E-state index contributed by atoms with van der Waals surface area (Å²) >= 11 is 0. The Kier molecular flexibility index (Phi) is 5.30. The third-order valence-corrected chi connectivity index (χ3v) is 4.85. The second-order valence-corrected chi connectivity index (χ2v) is 7.12. The number of hydrogen-bond donors (Lipinski definition) is 0. The Morgan fingerprint density at radius 1 is 1.11 bits per heavy atom. The SMILES string of the molecule is Cc1cc(C)nc(N2CCO[C@H](c3ccc(Cc4ccccc4F)cn3)C2)n1. The smallest absolute Gasteiger partial charge is 0.225 e. The summed E-state index contributed by atoms with van der Waals surface area (Å²) in [6.45, 7) is 5.96. The number of anilines is 1. The highest BCUT2D eigenvalue weighted by molar-refractivity contribution is 5.34. The summed E-state index contributed by atoms with van der Waals surface area (Å²) < 4.78 is 19.8. The molecule has 0 radical (unpaired) electrons. The second-order valence-electron chi connectivity index (χ2n) is 7.12. The molecular weight excluding hydrogens is 355 g/mol. The lowest BCUT2D eigenvalue weighted by Gasteiger charge is -2.33. The molecule has 1 aromatic carbocycles. The van der Waals surface area contributed by atoms with E-state index in [-0.39, 0.29) is 11.9 Å². The summed E-state index contributed by atoms with van der Waals surface area (Å²) in [5.74, 6) is 0.549. The minimum atomic E-state index is -0.189. The maximum absolute atomic E-state index is 13.8. The minimum absolute atomic E-state index is 0.138. The molecule has 4 rings (SSSR count). The topological polar surface area (TPSA) is 51.1 Å². The van der Waals surface area contributed by atoms with E-state index in [4.69, 9.17) is 4.74 Å². The van der Waals surface area contributed by atoms with Crippen molar-refractivity contribution < 1.29 is 9.13 Å². The second kappa shape index (κ2) is 8.02. The molecule has 0 saturated carbocycles. The molecular formula is C22H23FN4O. The molecule has 144 valence electrons. The van der Waals surface area contributed by atoms with Crippen LogP contribution < -0.4 is 4.90 Å². The normalized spacial score (nSPS) is 17.0. The van der Waals surface area contributed by atoms with Crippen LogP contribution in [0, 0.1) is 19.7 Å². The van der Waals surface area contributed by atoms with Gasteiger partial charge in [0.25, 0.3) is 0 Å². The van der Waals surface area contributed by atoms with Gasteiger partial charge in [-0.2, -0.15) is 0 Å². The lowest BCUT2D eigenvalue weighted by Crippen LogP contribution is -2.39. The van der Waals surface area contributed by atoms with Crippen LogP contribution >= 0.6 is 0 Å². The van der Waals surface area contributed by atoms with E-state index in [0.717, 1.165) is 35.1 Å². The Bertz CT molecular complexity index is 941. The van der Waals surface area contributed by atoms with Crippen molar-refractivity contribution in [1.29, 1.82) is 0 Å². The lowest BCUT2D eigenvalue weighted by molar-refractivity contribution is 0.0364. The molecule has 0 amide bonds. The third kappa shape index (κ3) is 4.17. The number of aromatic nitrogens is 3. The lowest BCUT2D eigenvalue weighted by atomic mass is 10.1. The van der Waals surface area contributed by atoms with Crippen LogP contribution in [0.2, 0.25) is 0 Å². The molecule has 1 aliphatic heterocycles. The Balaban J connectivity index is 1.47. The minimum Gasteiger partial charge on any atom is -0.368 e. The maximum Gasteiger partial charge on any atom is 0.225 e. The van der Waals surface area contributed by atoms with Crippen LogP contribution in [-0.2, 0) is 11.2 Å². The Morgan fingerprint density at radius 3 is 2.61 bits per heavy atom. The number of hydrogen-bond acceptors (Lipinski definition) is 5. The number of rotatable bonds is 4.